The molecule has 1 saturated heterocycles. The van der Waals surface area contributed by atoms with E-state index in [9.17, 15) is 0 Å². The highest BCUT2D eigenvalue weighted by Gasteiger charge is 2.59. The van der Waals surface area contributed by atoms with Crippen LogP contribution in [0.15, 0.2) is 0 Å². The van der Waals surface area contributed by atoms with Gasteiger partial charge in [0, 0.05) is 13.2 Å². The van der Waals surface area contributed by atoms with Gasteiger partial charge in [-0.05, 0) is 42.6 Å². The fourth-order valence-electron chi connectivity index (χ4n) is 3.22. The van der Waals surface area contributed by atoms with Crippen molar-refractivity contribution in [2.45, 2.75) is 26.7 Å². The Morgan fingerprint density at radius 3 is 2.69 bits per heavy atom. The second-order valence-corrected chi connectivity index (χ2v) is 5.17. The van der Waals surface area contributed by atoms with Crippen LogP contribution in [0.5, 0.6) is 0 Å². The summed E-state index contributed by atoms with van der Waals surface area (Å²) in [7, 11) is 0. The first-order valence-electron chi connectivity index (χ1n) is 5.45. The molecule has 0 amide bonds. The molecule has 3 atom stereocenters. The van der Waals surface area contributed by atoms with Gasteiger partial charge in [0.15, 0.2) is 0 Å². The van der Waals surface area contributed by atoms with E-state index in [-0.39, 0.29) is 0 Å². The minimum atomic E-state index is 0.486. The SMILES string of the molecule is CC1(C)[C@@H](CN)[C@@H]1C1CCCOC1. The molecule has 2 nitrogen and oxygen atoms in total. The van der Waals surface area contributed by atoms with Gasteiger partial charge >= 0.3 is 0 Å². The van der Waals surface area contributed by atoms with E-state index in [4.69, 9.17) is 10.5 Å². The minimum absolute atomic E-state index is 0.486. The van der Waals surface area contributed by atoms with E-state index in [1.165, 1.54) is 12.8 Å². The van der Waals surface area contributed by atoms with Gasteiger partial charge in [0.25, 0.3) is 0 Å². The first kappa shape index (κ1) is 9.47. The van der Waals surface area contributed by atoms with Crippen LogP contribution >= 0.6 is 0 Å². The Bertz CT molecular complexity index is 185. The fourth-order valence-corrected chi connectivity index (χ4v) is 3.22. The van der Waals surface area contributed by atoms with Crippen molar-refractivity contribution in [3.05, 3.63) is 0 Å². The average molecular weight is 183 g/mol. The van der Waals surface area contributed by atoms with Crippen molar-refractivity contribution in [2.75, 3.05) is 19.8 Å². The monoisotopic (exact) mass is 183 g/mol. The second kappa shape index (κ2) is 3.25. The molecule has 1 aliphatic carbocycles. The summed E-state index contributed by atoms with van der Waals surface area (Å²) in [4.78, 5) is 0. The molecule has 2 rings (SSSR count). The predicted molar refractivity (Wildman–Crippen MR) is 53.4 cm³/mol. The molecule has 1 saturated carbocycles. The molecule has 13 heavy (non-hydrogen) atoms. The number of hydrogen-bond donors (Lipinski definition) is 1. The molecule has 2 N–H and O–H groups in total. The maximum atomic E-state index is 5.77. The number of hydrogen-bond acceptors (Lipinski definition) is 2. The summed E-state index contributed by atoms with van der Waals surface area (Å²) in [5.41, 5.74) is 6.25. The zero-order valence-corrected chi connectivity index (χ0v) is 8.75. The lowest BCUT2D eigenvalue weighted by Gasteiger charge is -2.23. The molecular weight excluding hydrogens is 162 g/mol. The van der Waals surface area contributed by atoms with Crippen molar-refractivity contribution in [2.24, 2.45) is 28.9 Å². The Balaban J connectivity index is 1.94. The summed E-state index contributed by atoms with van der Waals surface area (Å²) in [6.45, 7) is 7.50. The first-order valence-corrected chi connectivity index (χ1v) is 5.45. The van der Waals surface area contributed by atoms with Crippen LogP contribution in [0.3, 0.4) is 0 Å². The average Bonchev–Trinajstić information content (AvgIpc) is 2.69. The van der Waals surface area contributed by atoms with Crippen LogP contribution in [0.25, 0.3) is 0 Å². The van der Waals surface area contributed by atoms with Crippen LogP contribution in [0.4, 0.5) is 0 Å². The van der Waals surface area contributed by atoms with Gasteiger partial charge in [-0.15, -0.1) is 0 Å². The molecule has 1 aliphatic heterocycles. The van der Waals surface area contributed by atoms with E-state index >= 15 is 0 Å². The van der Waals surface area contributed by atoms with Crippen LogP contribution in [-0.2, 0) is 4.74 Å². The van der Waals surface area contributed by atoms with Gasteiger partial charge in [-0.1, -0.05) is 13.8 Å². The quantitative estimate of drug-likeness (QED) is 0.706. The Kier molecular flexibility index (Phi) is 2.37. The van der Waals surface area contributed by atoms with Crippen molar-refractivity contribution < 1.29 is 4.74 Å². The summed E-state index contributed by atoms with van der Waals surface area (Å²) in [5, 5.41) is 0. The molecule has 0 aromatic heterocycles. The summed E-state index contributed by atoms with van der Waals surface area (Å²) in [5.74, 6) is 2.37. The lowest BCUT2D eigenvalue weighted by Crippen LogP contribution is -2.21. The molecule has 0 bridgehead atoms. The normalized spacial score (nSPS) is 43.2. The van der Waals surface area contributed by atoms with Gasteiger partial charge in [-0.3, -0.25) is 0 Å². The van der Waals surface area contributed by atoms with E-state index in [0.29, 0.717) is 5.41 Å². The predicted octanol–water partition coefficient (Wildman–Crippen LogP) is 1.64. The summed E-state index contributed by atoms with van der Waals surface area (Å²) in [6, 6.07) is 0. The summed E-state index contributed by atoms with van der Waals surface area (Å²) < 4.78 is 5.53. The molecule has 2 aliphatic rings. The number of ether oxygens (including phenoxy) is 1. The van der Waals surface area contributed by atoms with Crippen LogP contribution in [-0.4, -0.2) is 19.8 Å². The molecular formula is C11H21NO. The zero-order valence-electron chi connectivity index (χ0n) is 8.75. The molecule has 0 radical (unpaired) electrons. The standard InChI is InChI=1S/C11H21NO/c1-11(2)9(6-12)10(11)8-4-3-5-13-7-8/h8-10H,3-7,12H2,1-2H3/t8?,9-,10-/m0/s1. The third-order valence-corrected chi connectivity index (χ3v) is 4.10. The lowest BCUT2D eigenvalue weighted by atomic mass is 9.92. The van der Waals surface area contributed by atoms with Gasteiger partial charge in [0.05, 0.1) is 0 Å². The molecule has 0 aromatic carbocycles. The molecule has 0 aromatic rings. The van der Waals surface area contributed by atoms with Gasteiger partial charge in [-0.25, -0.2) is 0 Å². The largest absolute Gasteiger partial charge is 0.381 e. The Hall–Kier alpha value is -0.0800. The highest BCUT2D eigenvalue weighted by Crippen LogP contribution is 2.62. The van der Waals surface area contributed by atoms with Crippen molar-refractivity contribution >= 4 is 0 Å². The molecule has 76 valence electrons. The van der Waals surface area contributed by atoms with E-state index in [0.717, 1.165) is 37.5 Å². The van der Waals surface area contributed by atoms with Gasteiger partial charge in [0.2, 0.25) is 0 Å². The van der Waals surface area contributed by atoms with Crippen LogP contribution in [0.2, 0.25) is 0 Å². The van der Waals surface area contributed by atoms with Gasteiger partial charge in [0.1, 0.15) is 0 Å². The van der Waals surface area contributed by atoms with Crippen LogP contribution < -0.4 is 5.73 Å². The van der Waals surface area contributed by atoms with Crippen molar-refractivity contribution in [3.63, 3.8) is 0 Å². The third kappa shape index (κ3) is 1.50. The van der Waals surface area contributed by atoms with Crippen molar-refractivity contribution in [3.8, 4) is 0 Å². The van der Waals surface area contributed by atoms with Crippen LogP contribution in [0, 0.1) is 23.2 Å². The maximum absolute atomic E-state index is 5.77. The Morgan fingerprint density at radius 2 is 2.23 bits per heavy atom. The number of nitrogens with two attached hydrogens (primary N) is 1. The minimum Gasteiger partial charge on any atom is -0.381 e. The molecule has 0 spiro atoms. The fraction of sp³-hybridized carbons (Fsp3) is 1.00. The maximum Gasteiger partial charge on any atom is 0.0497 e. The van der Waals surface area contributed by atoms with Crippen molar-refractivity contribution in [1.29, 1.82) is 0 Å². The zero-order chi connectivity index (χ0) is 9.47. The lowest BCUT2D eigenvalue weighted by molar-refractivity contribution is 0.0407. The molecule has 2 fully saturated rings. The smallest absolute Gasteiger partial charge is 0.0497 e. The summed E-state index contributed by atoms with van der Waals surface area (Å²) >= 11 is 0. The topological polar surface area (TPSA) is 35.2 Å². The van der Waals surface area contributed by atoms with Gasteiger partial charge < -0.3 is 10.5 Å². The van der Waals surface area contributed by atoms with Crippen molar-refractivity contribution in [1.82, 2.24) is 0 Å². The van der Waals surface area contributed by atoms with E-state index in [1.54, 1.807) is 0 Å². The van der Waals surface area contributed by atoms with E-state index in [1.807, 2.05) is 0 Å². The first-order chi connectivity index (χ1) is 6.18. The Morgan fingerprint density at radius 1 is 1.46 bits per heavy atom. The molecule has 2 heteroatoms. The second-order valence-electron chi connectivity index (χ2n) is 5.17. The van der Waals surface area contributed by atoms with E-state index < -0.39 is 0 Å². The highest BCUT2D eigenvalue weighted by molar-refractivity contribution is 5.08. The highest BCUT2D eigenvalue weighted by atomic mass is 16.5. The van der Waals surface area contributed by atoms with Crippen LogP contribution in [0.1, 0.15) is 26.7 Å². The molecule has 1 heterocycles. The molecule has 1 unspecified atom stereocenters. The number of rotatable bonds is 2. The Labute approximate surface area is 80.8 Å². The van der Waals surface area contributed by atoms with Gasteiger partial charge in [-0.2, -0.15) is 0 Å². The summed E-state index contributed by atoms with van der Waals surface area (Å²) in [6.07, 6.45) is 2.60. The van der Waals surface area contributed by atoms with E-state index in [2.05, 4.69) is 13.8 Å². The third-order valence-electron chi connectivity index (χ3n) is 4.10.